The highest BCUT2D eigenvalue weighted by atomic mass is 16.2. The number of benzene rings is 1. The van der Waals surface area contributed by atoms with Gasteiger partial charge in [0.2, 0.25) is 5.91 Å². The molecule has 1 aromatic rings. The number of anilines is 1. The molecule has 0 heterocycles. The Hall–Kier alpha value is -1.88. The van der Waals surface area contributed by atoms with Crippen molar-refractivity contribution in [3.05, 3.63) is 29.8 Å². The van der Waals surface area contributed by atoms with Crippen LogP contribution in [0.2, 0.25) is 0 Å². The standard InChI is InChI=1S/C16H23N3O2/c1-18-15(21)12-5-7-13(8-6-12)19-14(20)11-16(17)9-3-2-4-10-16/h5-8H,2-4,9-11,17H2,1H3,(H,18,21)(H,19,20). The largest absolute Gasteiger partial charge is 0.355 e. The molecule has 2 amide bonds. The molecule has 0 unspecified atom stereocenters. The summed E-state index contributed by atoms with van der Waals surface area (Å²) >= 11 is 0. The maximum Gasteiger partial charge on any atom is 0.251 e. The molecule has 1 saturated carbocycles. The Bertz CT molecular complexity index is 505. The molecule has 1 aliphatic rings. The summed E-state index contributed by atoms with van der Waals surface area (Å²) in [6.07, 6.45) is 5.59. The first-order valence-electron chi connectivity index (χ1n) is 7.43. The first-order valence-corrected chi connectivity index (χ1v) is 7.43. The van der Waals surface area contributed by atoms with Gasteiger partial charge >= 0.3 is 0 Å². The summed E-state index contributed by atoms with van der Waals surface area (Å²) in [7, 11) is 1.59. The van der Waals surface area contributed by atoms with Crippen LogP contribution in [0.4, 0.5) is 5.69 Å². The third-order valence-electron chi connectivity index (χ3n) is 4.02. The van der Waals surface area contributed by atoms with Crippen molar-refractivity contribution < 1.29 is 9.59 Å². The van der Waals surface area contributed by atoms with Crippen LogP contribution in [-0.2, 0) is 4.79 Å². The third-order valence-corrected chi connectivity index (χ3v) is 4.02. The second-order valence-corrected chi connectivity index (χ2v) is 5.80. The number of hydrogen-bond donors (Lipinski definition) is 3. The molecular formula is C16H23N3O2. The van der Waals surface area contributed by atoms with Crippen molar-refractivity contribution in [2.24, 2.45) is 5.73 Å². The molecule has 0 atom stereocenters. The SMILES string of the molecule is CNC(=O)c1ccc(NC(=O)CC2(N)CCCCC2)cc1. The fourth-order valence-electron chi connectivity index (χ4n) is 2.81. The van der Waals surface area contributed by atoms with Crippen molar-refractivity contribution in [3.63, 3.8) is 0 Å². The summed E-state index contributed by atoms with van der Waals surface area (Å²) in [5.41, 5.74) is 7.18. The van der Waals surface area contributed by atoms with Crippen LogP contribution in [0.5, 0.6) is 0 Å². The van der Waals surface area contributed by atoms with Gasteiger partial charge in [0.15, 0.2) is 0 Å². The van der Waals surface area contributed by atoms with Crippen molar-refractivity contribution in [2.45, 2.75) is 44.1 Å². The summed E-state index contributed by atoms with van der Waals surface area (Å²) in [4.78, 5) is 23.5. The molecule has 2 rings (SSSR count). The zero-order valence-electron chi connectivity index (χ0n) is 12.4. The molecule has 0 radical (unpaired) electrons. The highest BCUT2D eigenvalue weighted by molar-refractivity contribution is 5.95. The van der Waals surface area contributed by atoms with Gasteiger partial charge in [0.05, 0.1) is 0 Å². The van der Waals surface area contributed by atoms with Crippen molar-refractivity contribution >= 4 is 17.5 Å². The lowest BCUT2D eigenvalue weighted by Crippen LogP contribution is -2.44. The Labute approximate surface area is 125 Å². The summed E-state index contributed by atoms with van der Waals surface area (Å²) in [6, 6.07) is 6.83. The van der Waals surface area contributed by atoms with Crippen LogP contribution in [0.15, 0.2) is 24.3 Å². The molecule has 1 aliphatic carbocycles. The lowest BCUT2D eigenvalue weighted by Gasteiger charge is -2.32. The van der Waals surface area contributed by atoms with E-state index in [-0.39, 0.29) is 17.4 Å². The van der Waals surface area contributed by atoms with Gasteiger partial charge in [-0.2, -0.15) is 0 Å². The lowest BCUT2D eigenvalue weighted by molar-refractivity contribution is -0.117. The molecule has 5 heteroatoms. The van der Waals surface area contributed by atoms with Crippen molar-refractivity contribution in [3.8, 4) is 0 Å². The summed E-state index contributed by atoms with van der Waals surface area (Å²) in [6.45, 7) is 0. The van der Waals surface area contributed by atoms with E-state index in [9.17, 15) is 9.59 Å². The van der Waals surface area contributed by atoms with Gasteiger partial charge in [-0.3, -0.25) is 9.59 Å². The minimum atomic E-state index is -0.357. The van der Waals surface area contributed by atoms with Crippen LogP contribution < -0.4 is 16.4 Å². The molecule has 5 nitrogen and oxygen atoms in total. The average molecular weight is 289 g/mol. The van der Waals surface area contributed by atoms with E-state index in [0.717, 1.165) is 25.7 Å². The molecule has 0 aliphatic heterocycles. The van der Waals surface area contributed by atoms with E-state index in [1.807, 2.05) is 0 Å². The van der Waals surface area contributed by atoms with Gasteiger partial charge in [0.1, 0.15) is 0 Å². The topological polar surface area (TPSA) is 84.2 Å². The van der Waals surface area contributed by atoms with Crippen LogP contribution in [0, 0.1) is 0 Å². The molecule has 1 fully saturated rings. The van der Waals surface area contributed by atoms with Crippen molar-refractivity contribution in [2.75, 3.05) is 12.4 Å². The molecule has 4 N–H and O–H groups in total. The summed E-state index contributed by atoms with van der Waals surface area (Å²) in [5.74, 6) is -0.205. The quantitative estimate of drug-likeness (QED) is 0.793. The van der Waals surface area contributed by atoms with Crippen LogP contribution in [0.3, 0.4) is 0 Å². The van der Waals surface area contributed by atoms with E-state index >= 15 is 0 Å². The van der Waals surface area contributed by atoms with Gasteiger partial charge in [-0.1, -0.05) is 19.3 Å². The zero-order chi connectivity index (χ0) is 15.3. The molecule has 0 spiro atoms. The molecule has 1 aromatic carbocycles. The predicted molar refractivity (Wildman–Crippen MR) is 83.1 cm³/mol. The molecule has 0 bridgehead atoms. The predicted octanol–water partition coefficient (Wildman–Crippen LogP) is 2.04. The normalized spacial score (nSPS) is 17.0. The second-order valence-electron chi connectivity index (χ2n) is 5.80. The van der Waals surface area contributed by atoms with Gasteiger partial charge in [0.25, 0.3) is 5.91 Å². The Morgan fingerprint density at radius 2 is 1.76 bits per heavy atom. The highest BCUT2D eigenvalue weighted by Gasteiger charge is 2.29. The summed E-state index contributed by atoms with van der Waals surface area (Å²) < 4.78 is 0. The smallest absolute Gasteiger partial charge is 0.251 e. The summed E-state index contributed by atoms with van der Waals surface area (Å²) in [5, 5.41) is 5.41. The molecular weight excluding hydrogens is 266 g/mol. The minimum absolute atomic E-state index is 0.0629. The van der Waals surface area contributed by atoms with Crippen LogP contribution in [0.25, 0.3) is 0 Å². The number of amides is 2. The number of nitrogens with two attached hydrogens (primary N) is 1. The fraction of sp³-hybridized carbons (Fsp3) is 0.500. The molecule has 0 saturated heterocycles. The van der Waals surface area contributed by atoms with E-state index in [1.165, 1.54) is 6.42 Å². The Morgan fingerprint density at radius 3 is 2.33 bits per heavy atom. The zero-order valence-corrected chi connectivity index (χ0v) is 12.4. The second kappa shape index (κ2) is 6.72. The van der Waals surface area contributed by atoms with Gasteiger partial charge < -0.3 is 16.4 Å². The van der Waals surface area contributed by atoms with E-state index < -0.39 is 0 Å². The van der Waals surface area contributed by atoms with Crippen molar-refractivity contribution in [1.29, 1.82) is 0 Å². The minimum Gasteiger partial charge on any atom is -0.355 e. The molecule has 114 valence electrons. The van der Waals surface area contributed by atoms with Crippen LogP contribution >= 0.6 is 0 Å². The third kappa shape index (κ3) is 4.29. The monoisotopic (exact) mass is 289 g/mol. The fourth-order valence-corrected chi connectivity index (χ4v) is 2.81. The molecule has 0 aromatic heterocycles. The van der Waals surface area contributed by atoms with Crippen LogP contribution in [0.1, 0.15) is 48.9 Å². The first-order chi connectivity index (χ1) is 10.0. The number of rotatable bonds is 4. The van der Waals surface area contributed by atoms with E-state index in [0.29, 0.717) is 17.7 Å². The van der Waals surface area contributed by atoms with Gasteiger partial charge in [-0.25, -0.2) is 0 Å². The van der Waals surface area contributed by atoms with Gasteiger partial charge in [-0.15, -0.1) is 0 Å². The van der Waals surface area contributed by atoms with Gasteiger partial charge in [0, 0.05) is 30.3 Å². The number of carbonyl (C=O) groups is 2. The van der Waals surface area contributed by atoms with E-state index in [1.54, 1.807) is 31.3 Å². The van der Waals surface area contributed by atoms with Crippen molar-refractivity contribution in [1.82, 2.24) is 5.32 Å². The Kier molecular flexibility index (Phi) is 4.96. The Balaban J connectivity index is 1.91. The number of hydrogen-bond acceptors (Lipinski definition) is 3. The average Bonchev–Trinajstić information content (AvgIpc) is 2.47. The first kappa shape index (κ1) is 15.5. The van der Waals surface area contributed by atoms with Gasteiger partial charge in [-0.05, 0) is 37.1 Å². The maximum atomic E-state index is 12.1. The maximum absolute atomic E-state index is 12.1. The highest BCUT2D eigenvalue weighted by Crippen LogP contribution is 2.28. The van der Waals surface area contributed by atoms with Crippen LogP contribution in [-0.4, -0.2) is 24.4 Å². The van der Waals surface area contributed by atoms with E-state index in [2.05, 4.69) is 10.6 Å². The van der Waals surface area contributed by atoms with E-state index in [4.69, 9.17) is 5.73 Å². The Morgan fingerprint density at radius 1 is 1.14 bits per heavy atom. The lowest BCUT2D eigenvalue weighted by atomic mass is 9.80. The number of carbonyl (C=O) groups excluding carboxylic acids is 2. The number of nitrogens with one attached hydrogen (secondary N) is 2. The molecule has 21 heavy (non-hydrogen) atoms.